The fourth-order valence-corrected chi connectivity index (χ4v) is 2.68. The molecule has 2 unspecified atom stereocenters. The molecule has 1 heterocycles. The lowest BCUT2D eigenvalue weighted by atomic mass is 9.69. The lowest BCUT2D eigenvalue weighted by Gasteiger charge is -2.37. The minimum absolute atomic E-state index is 0.167. The van der Waals surface area contributed by atoms with Gasteiger partial charge in [-0.15, -0.1) is 0 Å². The Balaban J connectivity index is 2.08. The first-order valence-electron chi connectivity index (χ1n) is 4.22. The minimum atomic E-state index is -0.681. The van der Waals surface area contributed by atoms with E-state index in [-0.39, 0.29) is 17.7 Å². The maximum absolute atomic E-state index is 11.2. The van der Waals surface area contributed by atoms with Crippen LogP contribution in [-0.4, -0.2) is 11.8 Å². The van der Waals surface area contributed by atoms with E-state index in [4.69, 9.17) is 0 Å². The third kappa shape index (κ3) is 0.453. The van der Waals surface area contributed by atoms with Crippen LogP contribution in [0, 0.1) is 17.3 Å². The van der Waals surface area contributed by atoms with E-state index < -0.39 is 5.41 Å². The Morgan fingerprint density at radius 3 is 2.42 bits per heavy atom. The third-order valence-corrected chi connectivity index (χ3v) is 3.36. The number of hydrogen-bond acceptors (Lipinski definition) is 2. The number of carbonyl (C=O) groups is 2. The first-order valence-corrected chi connectivity index (χ1v) is 4.22. The number of amides is 2. The van der Waals surface area contributed by atoms with Crippen LogP contribution in [0.15, 0.2) is 12.2 Å². The Hall–Kier alpha value is -1.12. The zero-order valence-electron chi connectivity index (χ0n) is 6.49. The summed E-state index contributed by atoms with van der Waals surface area (Å²) >= 11 is 0. The van der Waals surface area contributed by atoms with Crippen LogP contribution in [0.1, 0.15) is 12.8 Å². The van der Waals surface area contributed by atoms with E-state index in [0.717, 1.165) is 12.8 Å². The van der Waals surface area contributed by atoms with Gasteiger partial charge in [-0.05, 0) is 18.8 Å². The number of carbonyl (C=O) groups excluding carboxylic acids is 2. The van der Waals surface area contributed by atoms with E-state index in [0.29, 0.717) is 5.92 Å². The third-order valence-electron chi connectivity index (χ3n) is 3.36. The van der Waals surface area contributed by atoms with Crippen molar-refractivity contribution in [3.05, 3.63) is 12.2 Å². The Bertz CT molecular complexity index is 304. The number of hydrogen-bond donors (Lipinski definition) is 0. The Labute approximate surface area is 69.8 Å². The van der Waals surface area contributed by atoms with Gasteiger partial charge in [-0.25, -0.2) is 0 Å². The first kappa shape index (κ1) is 6.40. The number of rotatable bonds is 0. The second kappa shape index (κ2) is 1.63. The molecular weight excluding hydrogens is 154 g/mol. The molecular formula is C9H8NO2. The molecule has 12 heavy (non-hydrogen) atoms. The largest absolute Gasteiger partial charge is 0.271 e. The average molecular weight is 162 g/mol. The van der Waals surface area contributed by atoms with Crippen molar-refractivity contribution in [2.24, 2.45) is 17.3 Å². The molecule has 1 spiro atoms. The SMILES string of the molecule is O=C1[N]C(=O)C12CC1C=CC2C1. The molecule has 0 N–H and O–H groups in total. The molecule has 2 atom stereocenters. The lowest BCUT2D eigenvalue weighted by molar-refractivity contribution is -0.160. The van der Waals surface area contributed by atoms with Gasteiger partial charge in [0.15, 0.2) is 0 Å². The topological polar surface area (TPSA) is 48.2 Å². The number of fused-ring (bicyclic) bond motifs is 3. The normalized spacial score (nSPS) is 40.3. The molecule has 1 radical (unpaired) electrons. The molecule has 2 amide bonds. The molecule has 0 aromatic heterocycles. The number of β-lactam (4-membered cyclic amide) rings is 2. The van der Waals surface area contributed by atoms with Gasteiger partial charge in [0, 0.05) is 5.92 Å². The predicted octanol–water partition coefficient (Wildman–Crippen LogP) is 0.240. The highest BCUT2D eigenvalue weighted by atomic mass is 16.2. The number of nitrogens with zero attached hydrogens (tertiary/aromatic N) is 1. The smallest absolute Gasteiger partial charge is 0.265 e. The Morgan fingerprint density at radius 2 is 2.08 bits per heavy atom. The summed E-state index contributed by atoms with van der Waals surface area (Å²) in [4.78, 5) is 22.5. The summed E-state index contributed by atoms with van der Waals surface area (Å²) in [7, 11) is 0. The van der Waals surface area contributed by atoms with Crippen molar-refractivity contribution in [1.82, 2.24) is 5.32 Å². The average Bonchev–Trinajstić information content (AvgIpc) is 2.63. The predicted molar refractivity (Wildman–Crippen MR) is 39.9 cm³/mol. The van der Waals surface area contributed by atoms with E-state index in [1.165, 1.54) is 0 Å². The van der Waals surface area contributed by atoms with Crippen molar-refractivity contribution in [2.75, 3.05) is 0 Å². The summed E-state index contributed by atoms with van der Waals surface area (Å²) < 4.78 is 0. The fourth-order valence-electron chi connectivity index (χ4n) is 2.68. The molecule has 0 aromatic rings. The zero-order valence-corrected chi connectivity index (χ0v) is 6.49. The monoisotopic (exact) mass is 162 g/mol. The van der Waals surface area contributed by atoms with Crippen LogP contribution in [0.2, 0.25) is 0 Å². The summed E-state index contributed by atoms with van der Waals surface area (Å²) in [5, 5.41) is 3.36. The second-order valence-corrected chi connectivity index (χ2v) is 3.88. The number of imide groups is 1. The van der Waals surface area contributed by atoms with E-state index in [9.17, 15) is 9.59 Å². The molecule has 3 nitrogen and oxygen atoms in total. The fraction of sp³-hybridized carbons (Fsp3) is 0.556. The second-order valence-electron chi connectivity index (χ2n) is 3.88. The molecule has 3 rings (SSSR count). The molecule has 0 aromatic carbocycles. The summed E-state index contributed by atoms with van der Waals surface area (Å²) in [6.07, 6.45) is 5.83. The maximum Gasteiger partial charge on any atom is 0.265 e. The van der Waals surface area contributed by atoms with Crippen molar-refractivity contribution < 1.29 is 9.59 Å². The maximum atomic E-state index is 11.2. The van der Waals surface area contributed by atoms with Crippen LogP contribution in [-0.2, 0) is 9.59 Å². The van der Waals surface area contributed by atoms with Gasteiger partial charge in [0.05, 0.1) is 0 Å². The summed E-state index contributed by atoms with van der Waals surface area (Å²) in [5.41, 5.74) is -0.681. The Morgan fingerprint density at radius 1 is 1.33 bits per heavy atom. The van der Waals surface area contributed by atoms with Gasteiger partial charge < -0.3 is 0 Å². The van der Waals surface area contributed by atoms with Crippen LogP contribution in [0.5, 0.6) is 0 Å². The van der Waals surface area contributed by atoms with Crippen LogP contribution in [0.4, 0.5) is 0 Å². The van der Waals surface area contributed by atoms with Crippen molar-refractivity contribution >= 4 is 11.8 Å². The molecule has 1 saturated carbocycles. The van der Waals surface area contributed by atoms with Gasteiger partial charge in [-0.3, -0.25) is 9.59 Å². The van der Waals surface area contributed by atoms with Gasteiger partial charge in [-0.1, -0.05) is 12.2 Å². The van der Waals surface area contributed by atoms with E-state index in [2.05, 4.69) is 11.4 Å². The molecule has 2 fully saturated rings. The first-order chi connectivity index (χ1) is 5.73. The van der Waals surface area contributed by atoms with Crippen LogP contribution >= 0.6 is 0 Å². The molecule has 1 aliphatic heterocycles. The molecule has 2 bridgehead atoms. The van der Waals surface area contributed by atoms with Crippen molar-refractivity contribution in [3.8, 4) is 0 Å². The van der Waals surface area contributed by atoms with Gasteiger partial charge >= 0.3 is 0 Å². The molecule has 2 aliphatic carbocycles. The quantitative estimate of drug-likeness (QED) is 0.291. The zero-order chi connectivity index (χ0) is 8.34. The van der Waals surface area contributed by atoms with Crippen molar-refractivity contribution in [2.45, 2.75) is 12.8 Å². The number of allylic oxidation sites excluding steroid dienone is 2. The highest BCUT2D eigenvalue weighted by molar-refractivity contribution is 6.22. The lowest BCUT2D eigenvalue weighted by Crippen LogP contribution is -2.61. The molecule has 3 aliphatic rings. The van der Waals surface area contributed by atoms with Gasteiger partial charge in [0.25, 0.3) is 11.8 Å². The summed E-state index contributed by atoms with van der Waals surface area (Å²) in [6.45, 7) is 0. The molecule has 3 heteroatoms. The molecule has 61 valence electrons. The van der Waals surface area contributed by atoms with Crippen molar-refractivity contribution in [1.29, 1.82) is 0 Å². The highest BCUT2D eigenvalue weighted by Crippen LogP contribution is 2.55. The van der Waals surface area contributed by atoms with Crippen LogP contribution < -0.4 is 5.32 Å². The van der Waals surface area contributed by atoms with Crippen LogP contribution in [0.3, 0.4) is 0 Å². The minimum Gasteiger partial charge on any atom is -0.271 e. The van der Waals surface area contributed by atoms with Gasteiger partial charge in [-0.2, -0.15) is 5.32 Å². The van der Waals surface area contributed by atoms with Gasteiger partial charge in [0.1, 0.15) is 5.41 Å². The summed E-state index contributed by atoms with van der Waals surface area (Å²) in [5.74, 6) is 0.270. The van der Waals surface area contributed by atoms with E-state index in [1.807, 2.05) is 6.08 Å². The standard InChI is InChI=1S/C9H8NO2/c11-7-9(8(12)10-7)4-5-1-2-6(9)3-5/h1-2,5-6H,3-4H2. The summed E-state index contributed by atoms with van der Waals surface area (Å²) in [6, 6.07) is 0. The van der Waals surface area contributed by atoms with E-state index in [1.54, 1.807) is 0 Å². The van der Waals surface area contributed by atoms with E-state index >= 15 is 0 Å². The molecule has 1 saturated heterocycles. The van der Waals surface area contributed by atoms with Crippen molar-refractivity contribution in [3.63, 3.8) is 0 Å². The highest BCUT2D eigenvalue weighted by Gasteiger charge is 2.66. The Kier molecular flexibility index (Phi) is 0.868. The van der Waals surface area contributed by atoms with Crippen LogP contribution in [0.25, 0.3) is 0 Å². The van der Waals surface area contributed by atoms with Gasteiger partial charge in [0.2, 0.25) is 0 Å².